The van der Waals surface area contributed by atoms with Gasteiger partial charge in [0.1, 0.15) is 5.82 Å². The van der Waals surface area contributed by atoms with E-state index in [4.69, 9.17) is 19.6 Å². The van der Waals surface area contributed by atoms with E-state index in [1.54, 1.807) is 26.4 Å². The second-order valence-electron chi connectivity index (χ2n) is 8.73. The van der Waals surface area contributed by atoms with Crippen molar-refractivity contribution in [3.8, 4) is 11.1 Å². The highest BCUT2D eigenvalue weighted by Gasteiger charge is 2.37. The monoisotopic (exact) mass is 437 g/mol. The lowest BCUT2D eigenvalue weighted by Gasteiger charge is -2.26. The predicted molar refractivity (Wildman–Crippen MR) is 123 cm³/mol. The Hall–Kier alpha value is -3.03. The van der Waals surface area contributed by atoms with Gasteiger partial charge in [-0.3, -0.25) is 0 Å². The van der Waals surface area contributed by atoms with E-state index < -0.39 is 11.8 Å². The van der Waals surface area contributed by atoms with Crippen molar-refractivity contribution >= 4 is 5.97 Å². The van der Waals surface area contributed by atoms with Crippen LogP contribution in [0, 0.1) is 0 Å². The average molecular weight is 438 g/mol. The lowest BCUT2D eigenvalue weighted by atomic mass is 9.95. The highest BCUT2D eigenvalue weighted by atomic mass is 16.7. The van der Waals surface area contributed by atoms with Crippen molar-refractivity contribution in [2.75, 3.05) is 14.2 Å². The molecule has 3 aromatic rings. The Morgan fingerprint density at radius 3 is 2.19 bits per heavy atom. The quantitative estimate of drug-likeness (QED) is 0.507. The molecule has 0 bridgehead atoms. The first-order valence-electron chi connectivity index (χ1n) is 10.6. The van der Waals surface area contributed by atoms with E-state index in [1.807, 2.05) is 48.0 Å². The first-order valence-corrected chi connectivity index (χ1v) is 10.6. The number of nitrogens with zero attached hydrogens (tertiary/aromatic N) is 3. The van der Waals surface area contributed by atoms with Crippen molar-refractivity contribution in [1.82, 2.24) is 14.8 Å². The van der Waals surface area contributed by atoms with E-state index >= 15 is 0 Å². The number of benzene rings is 2. The summed E-state index contributed by atoms with van der Waals surface area (Å²) in [7, 11) is 3.19. The van der Waals surface area contributed by atoms with Crippen LogP contribution in [0.1, 0.15) is 61.7 Å². The highest BCUT2D eigenvalue weighted by molar-refractivity contribution is 5.95. The van der Waals surface area contributed by atoms with E-state index in [0.717, 1.165) is 17.0 Å². The largest absolute Gasteiger partial charge is 0.478 e. The molecular formula is C25H31N3O4. The van der Waals surface area contributed by atoms with Crippen LogP contribution in [0.15, 0.2) is 48.5 Å². The number of carboxylic acids is 1. The van der Waals surface area contributed by atoms with Crippen molar-refractivity contribution in [2.45, 2.75) is 51.9 Å². The van der Waals surface area contributed by atoms with Crippen molar-refractivity contribution in [3.63, 3.8) is 0 Å². The zero-order valence-corrected chi connectivity index (χ0v) is 19.5. The number of carbonyl (C=O) groups is 1. The van der Waals surface area contributed by atoms with Crippen molar-refractivity contribution < 1.29 is 19.4 Å². The van der Waals surface area contributed by atoms with E-state index in [2.05, 4.69) is 20.8 Å². The number of hydrogen-bond donors (Lipinski definition) is 1. The third kappa shape index (κ3) is 4.59. The van der Waals surface area contributed by atoms with Crippen LogP contribution in [0.3, 0.4) is 0 Å². The number of methoxy groups -OCH3 is 2. The van der Waals surface area contributed by atoms with Crippen molar-refractivity contribution in [3.05, 3.63) is 71.3 Å². The van der Waals surface area contributed by atoms with Gasteiger partial charge in [-0.1, -0.05) is 70.2 Å². The summed E-state index contributed by atoms with van der Waals surface area (Å²) < 4.78 is 13.2. The molecule has 0 aliphatic heterocycles. The van der Waals surface area contributed by atoms with Gasteiger partial charge in [0, 0.05) is 26.1 Å². The maximum absolute atomic E-state index is 11.6. The lowest BCUT2D eigenvalue weighted by Crippen LogP contribution is -2.31. The average Bonchev–Trinajstić information content (AvgIpc) is 3.21. The Morgan fingerprint density at radius 1 is 1.03 bits per heavy atom. The molecule has 0 amide bonds. The minimum atomic E-state index is -0.990. The zero-order chi connectivity index (χ0) is 23.5. The van der Waals surface area contributed by atoms with Crippen LogP contribution < -0.4 is 0 Å². The molecule has 7 nitrogen and oxygen atoms in total. The molecule has 2 aromatic carbocycles. The van der Waals surface area contributed by atoms with Gasteiger partial charge in [-0.15, -0.1) is 5.10 Å². The first-order chi connectivity index (χ1) is 15.1. The van der Waals surface area contributed by atoms with Gasteiger partial charge in [0.15, 0.2) is 0 Å². The van der Waals surface area contributed by atoms with Gasteiger partial charge in [0.25, 0.3) is 0 Å². The van der Waals surface area contributed by atoms with Crippen molar-refractivity contribution in [2.24, 2.45) is 0 Å². The summed E-state index contributed by atoms with van der Waals surface area (Å²) in [5.41, 5.74) is 2.63. The topological polar surface area (TPSA) is 86.5 Å². The summed E-state index contributed by atoms with van der Waals surface area (Å²) in [6.07, 6.45) is 0.575. The summed E-state index contributed by atoms with van der Waals surface area (Å²) in [4.78, 5) is 16.3. The molecule has 3 rings (SSSR count). The van der Waals surface area contributed by atoms with Gasteiger partial charge in [0.2, 0.25) is 11.6 Å². The fraction of sp³-hybridized carbons (Fsp3) is 0.400. The molecular weight excluding hydrogens is 406 g/mol. The van der Waals surface area contributed by atoms with E-state index in [-0.39, 0.29) is 11.0 Å². The molecule has 0 saturated heterocycles. The second-order valence-corrected chi connectivity index (χ2v) is 8.73. The number of aromatic carboxylic acids is 1. The molecule has 1 N–H and O–H groups in total. The Balaban J connectivity index is 1.96. The van der Waals surface area contributed by atoms with Crippen LogP contribution in [-0.2, 0) is 27.2 Å². The minimum absolute atomic E-state index is 0.230. The Morgan fingerprint density at radius 2 is 1.66 bits per heavy atom. The smallest absolute Gasteiger partial charge is 0.336 e. The van der Waals surface area contributed by atoms with Crippen LogP contribution in [-0.4, -0.2) is 40.1 Å². The standard InChI is InChI=1S/C25H31N3O4/c1-7-25(31-5,32-6)22-26-23(24(2,3)4)28(27-22)16-17-12-14-18(15-13-17)19-10-8-9-11-20(19)21(29)30/h8-15H,7,16H2,1-6H3,(H,29,30). The third-order valence-corrected chi connectivity index (χ3v) is 5.56. The minimum Gasteiger partial charge on any atom is -0.478 e. The summed E-state index contributed by atoms with van der Waals surface area (Å²) in [5.74, 6) is -0.595. The number of aromatic nitrogens is 3. The predicted octanol–water partition coefficient (Wildman–Crippen LogP) is 4.84. The molecule has 0 aliphatic rings. The van der Waals surface area contributed by atoms with Crippen LogP contribution in [0.2, 0.25) is 0 Å². The zero-order valence-electron chi connectivity index (χ0n) is 19.5. The maximum atomic E-state index is 11.6. The second kappa shape index (κ2) is 9.22. The Labute approximate surface area is 189 Å². The van der Waals surface area contributed by atoms with Gasteiger partial charge in [0.05, 0.1) is 12.1 Å². The van der Waals surface area contributed by atoms with Crippen LogP contribution >= 0.6 is 0 Å². The summed E-state index contributed by atoms with van der Waals surface area (Å²) >= 11 is 0. The SMILES string of the molecule is CCC(OC)(OC)c1nc(C(C)(C)C)n(Cc2ccc(-c3ccccc3C(=O)O)cc2)n1. The molecule has 0 radical (unpaired) electrons. The van der Waals surface area contributed by atoms with Crippen LogP contribution in [0.4, 0.5) is 0 Å². The molecule has 0 unspecified atom stereocenters. The van der Waals surface area contributed by atoms with Gasteiger partial charge in [-0.2, -0.15) is 0 Å². The van der Waals surface area contributed by atoms with Gasteiger partial charge in [-0.25, -0.2) is 14.5 Å². The molecule has 0 atom stereocenters. The van der Waals surface area contributed by atoms with Crippen LogP contribution in [0.5, 0.6) is 0 Å². The molecule has 1 heterocycles. The number of rotatable bonds is 8. The normalized spacial score (nSPS) is 12.2. The Kier molecular flexibility index (Phi) is 6.81. The van der Waals surface area contributed by atoms with E-state index in [9.17, 15) is 9.90 Å². The molecule has 0 spiro atoms. The number of hydrogen-bond acceptors (Lipinski definition) is 5. The summed E-state index contributed by atoms with van der Waals surface area (Å²) in [5, 5.41) is 14.2. The van der Waals surface area contributed by atoms with Crippen molar-refractivity contribution in [1.29, 1.82) is 0 Å². The fourth-order valence-corrected chi connectivity index (χ4v) is 3.77. The highest BCUT2D eigenvalue weighted by Crippen LogP contribution is 2.31. The Bertz CT molecular complexity index is 1070. The van der Waals surface area contributed by atoms with Gasteiger partial charge in [-0.05, 0) is 22.8 Å². The number of carboxylic acid groups (broad SMARTS) is 1. The van der Waals surface area contributed by atoms with E-state index in [0.29, 0.717) is 24.4 Å². The molecule has 0 saturated carbocycles. The molecule has 0 aliphatic carbocycles. The molecule has 0 fully saturated rings. The third-order valence-electron chi connectivity index (χ3n) is 5.56. The van der Waals surface area contributed by atoms with E-state index in [1.165, 1.54) is 0 Å². The van der Waals surface area contributed by atoms with Crippen LogP contribution in [0.25, 0.3) is 11.1 Å². The molecule has 170 valence electrons. The fourth-order valence-electron chi connectivity index (χ4n) is 3.77. The first kappa shape index (κ1) is 23.6. The molecule has 32 heavy (non-hydrogen) atoms. The summed E-state index contributed by atoms with van der Waals surface area (Å²) in [6.45, 7) is 8.77. The van der Waals surface area contributed by atoms with Gasteiger partial charge < -0.3 is 14.6 Å². The summed E-state index contributed by atoms with van der Waals surface area (Å²) in [6, 6.07) is 14.9. The molecule has 1 aromatic heterocycles. The molecule has 7 heteroatoms. The lowest BCUT2D eigenvalue weighted by molar-refractivity contribution is -0.222. The van der Waals surface area contributed by atoms with Gasteiger partial charge >= 0.3 is 5.97 Å². The number of ether oxygens (including phenoxy) is 2. The maximum Gasteiger partial charge on any atom is 0.336 e.